The summed E-state index contributed by atoms with van der Waals surface area (Å²) in [7, 11) is 0. The number of nitro benzene ring substituents is 1. The van der Waals surface area contributed by atoms with Gasteiger partial charge in [-0.05, 0) is 31.2 Å². The molecule has 0 bridgehead atoms. The molecule has 0 aliphatic rings. The number of hydrogen-bond acceptors (Lipinski definition) is 5. The Morgan fingerprint density at radius 2 is 1.88 bits per heavy atom. The first-order chi connectivity index (χ1) is 11.6. The summed E-state index contributed by atoms with van der Waals surface area (Å²) >= 11 is 0. The van der Waals surface area contributed by atoms with Crippen molar-refractivity contribution in [2.75, 3.05) is 6.61 Å². The Morgan fingerprint density at radius 1 is 1.17 bits per heavy atom. The van der Waals surface area contributed by atoms with Crippen LogP contribution in [-0.4, -0.2) is 21.1 Å². The van der Waals surface area contributed by atoms with Gasteiger partial charge < -0.3 is 4.74 Å². The number of benzene rings is 2. The molecule has 0 amide bonds. The molecule has 0 fully saturated rings. The van der Waals surface area contributed by atoms with Gasteiger partial charge in [0, 0.05) is 12.1 Å². The van der Waals surface area contributed by atoms with E-state index in [0.717, 1.165) is 0 Å². The van der Waals surface area contributed by atoms with Crippen LogP contribution in [0.3, 0.4) is 0 Å². The Hall–Kier alpha value is -3.22. The number of non-ortho nitro benzene ring substituents is 1. The van der Waals surface area contributed by atoms with Gasteiger partial charge in [0.15, 0.2) is 0 Å². The summed E-state index contributed by atoms with van der Waals surface area (Å²) in [6.07, 6.45) is 0. The van der Waals surface area contributed by atoms with E-state index in [4.69, 9.17) is 4.74 Å². The Labute approximate surface area is 137 Å². The second-order valence-corrected chi connectivity index (χ2v) is 5.23. The summed E-state index contributed by atoms with van der Waals surface area (Å²) in [5.41, 5.74) is 0.575. The summed E-state index contributed by atoms with van der Waals surface area (Å²) in [4.78, 5) is 27.1. The number of nitro groups is 1. The van der Waals surface area contributed by atoms with E-state index in [1.165, 1.54) is 24.3 Å². The fraction of sp³-hybridized carbons (Fsp3) is 0.176. The Morgan fingerprint density at radius 3 is 2.58 bits per heavy atom. The van der Waals surface area contributed by atoms with Gasteiger partial charge in [0.2, 0.25) is 0 Å². The predicted molar refractivity (Wildman–Crippen MR) is 89.3 cm³/mol. The molecule has 0 unspecified atom stereocenters. The zero-order chi connectivity index (χ0) is 17.1. The van der Waals surface area contributed by atoms with E-state index in [0.29, 0.717) is 29.0 Å². The first kappa shape index (κ1) is 15.7. The van der Waals surface area contributed by atoms with Crippen molar-refractivity contribution in [2.24, 2.45) is 0 Å². The number of nitrogens with zero attached hydrogens (tertiary/aromatic N) is 3. The highest BCUT2D eigenvalue weighted by Gasteiger charge is 2.08. The maximum absolute atomic E-state index is 12.5. The second kappa shape index (κ2) is 6.49. The van der Waals surface area contributed by atoms with Crippen molar-refractivity contribution in [3.8, 4) is 5.75 Å². The third-order valence-corrected chi connectivity index (χ3v) is 3.68. The molecule has 0 N–H and O–H groups in total. The summed E-state index contributed by atoms with van der Waals surface area (Å²) in [5.74, 6) is 1.13. The zero-order valence-corrected chi connectivity index (χ0v) is 13.0. The molecule has 7 nitrogen and oxygen atoms in total. The maximum atomic E-state index is 12.5. The molecule has 24 heavy (non-hydrogen) atoms. The van der Waals surface area contributed by atoms with Crippen LogP contribution in [0.2, 0.25) is 0 Å². The highest BCUT2D eigenvalue weighted by atomic mass is 16.6. The minimum Gasteiger partial charge on any atom is -0.492 e. The predicted octanol–water partition coefficient (Wildman–Crippen LogP) is 2.69. The van der Waals surface area contributed by atoms with Crippen molar-refractivity contribution in [3.63, 3.8) is 0 Å². The van der Waals surface area contributed by atoms with E-state index in [1.807, 2.05) is 6.07 Å². The van der Waals surface area contributed by atoms with Crippen LogP contribution >= 0.6 is 0 Å². The summed E-state index contributed by atoms with van der Waals surface area (Å²) in [6.45, 7) is 2.39. The fourth-order valence-corrected chi connectivity index (χ4v) is 2.46. The maximum Gasteiger partial charge on any atom is 0.269 e. The van der Waals surface area contributed by atoms with E-state index in [9.17, 15) is 14.9 Å². The topological polar surface area (TPSA) is 87.3 Å². The second-order valence-electron chi connectivity index (χ2n) is 5.23. The standard InChI is InChI=1S/C17H15N3O4/c1-12-18-16-5-3-2-4-15(16)17(21)19(12)10-11-24-14-8-6-13(7-9-14)20(22)23/h2-9H,10-11H2,1H3. The molecule has 2 aromatic carbocycles. The minimum absolute atomic E-state index is 0.00754. The van der Waals surface area contributed by atoms with E-state index in [2.05, 4.69) is 4.98 Å². The number of aromatic nitrogens is 2. The van der Waals surface area contributed by atoms with Gasteiger partial charge in [-0.3, -0.25) is 19.5 Å². The lowest BCUT2D eigenvalue weighted by atomic mass is 10.2. The molecule has 7 heteroatoms. The lowest BCUT2D eigenvalue weighted by molar-refractivity contribution is -0.384. The molecule has 1 heterocycles. The Balaban J connectivity index is 1.74. The van der Waals surface area contributed by atoms with Crippen LogP contribution in [0.15, 0.2) is 53.3 Å². The average molecular weight is 325 g/mol. The number of fused-ring (bicyclic) bond motifs is 1. The fourth-order valence-electron chi connectivity index (χ4n) is 2.46. The number of rotatable bonds is 5. The van der Waals surface area contributed by atoms with Gasteiger partial charge in [-0.25, -0.2) is 4.98 Å². The molecule has 0 saturated carbocycles. The quantitative estimate of drug-likeness (QED) is 0.531. The van der Waals surface area contributed by atoms with E-state index in [1.54, 1.807) is 29.7 Å². The number of aryl methyl sites for hydroxylation is 1. The monoisotopic (exact) mass is 325 g/mol. The number of ether oxygens (including phenoxy) is 1. The minimum atomic E-state index is -0.465. The van der Waals surface area contributed by atoms with Crippen LogP contribution in [0, 0.1) is 17.0 Å². The third-order valence-electron chi connectivity index (χ3n) is 3.68. The molecule has 1 aromatic heterocycles. The Bertz CT molecular complexity index is 948. The molecule has 0 atom stereocenters. The normalized spacial score (nSPS) is 10.7. The molecular formula is C17H15N3O4. The zero-order valence-electron chi connectivity index (χ0n) is 13.0. The number of para-hydroxylation sites is 1. The largest absolute Gasteiger partial charge is 0.492 e. The van der Waals surface area contributed by atoms with Crippen molar-refractivity contribution in [2.45, 2.75) is 13.5 Å². The number of hydrogen-bond donors (Lipinski definition) is 0. The van der Waals surface area contributed by atoms with E-state index < -0.39 is 4.92 Å². The molecule has 122 valence electrons. The molecule has 0 aliphatic carbocycles. The van der Waals surface area contributed by atoms with Gasteiger partial charge in [0.1, 0.15) is 18.2 Å². The smallest absolute Gasteiger partial charge is 0.269 e. The molecular weight excluding hydrogens is 310 g/mol. The van der Waals surface area contributed by atoms with Crippen LogP contribution < -0.4 is 10.3 Å². The molecule has 0 aliphatic heterocycles. The summed E-state index contributed by atoms with van der Waals surface area (Å²) < 4.78 is 7.12. The van der Waals surface area contributed by atoms with Crippen LogP contribution in [0.5, 0.6) is 5.75 Å². The average Bonchev–Trinajstić information content (AvgIpc) is 2.58. The van der Waals surface area contributed by atoms with Crippen LogP contribution in [0.4, 0.5) is 5.69 Å². The summed E-state index contributed by atoms with van der Waals surface area (Å²) in [5, 5.41) is 11.2. The van der Waals surface area contributed by atoms with Crippen molar-refractivity contribution in [1.29, 1.82) is 0 Å². The van der Waals surface area contributed by atoms with E-state index in [-0.39, 0.29) is 17.9 Å². The lowest BCUT2D eigenvalue weighted by Crippen LogP contribution is -2.26. The van der Waals surface area contributed by atoms with Crippen molar-refractivity contribution < 1.29 is 9.66 Å². The molecule has 0 spiro atoms. The summed E-state index contributed by atoms with van der Waals surface area (Å²) in [6, 6.07) is 13.0. The first-order valence-electron chi connectivity index (χ1n) is 7.40. The Kier molecular flexibility index (Phi) is 4.24. The van der Waals surface area contributed by atoms with Gasteiger partial charge in [-0.1, -0.05) is 12.1 Å². The molecule has 0 saturated heterocycles. The molecule has 3 rings (SSSR count). The third kappa shape index (κ3) is 3.10. The SMILES string of the molecule is Cc1nc2ccccc2c(=O)n1CCOc1ccc([N+](=O)[O-])cc1. The molecule has 3 aromatic rings. The molecule has 0 radical (unpaired) electrons. The highest BCUT2D eigenvalue weighted by molar-refractivity contribution is 5.77. The van der Waals surface area contributed by atoms with Crippen molar-refractivity contribution in [1.82, 2.24) is 9.55 Å². The van der Waals surface area contributed by atoms with Gasteiger partial charge >= 0.3 is 0 Å². The lowest BCUT2D eigenvalue weighted by Gasteiger charge is -2.11. The van der Waals surface area contributed by atoms with Crippen LogP contribution in [-0.2, 0) is 6.54 Å². The first-order valence-corrected chi connectivity index (χ1v) is 7.40. The van der Waals surface area contributed by atoms with Gasteiger partial charge in [0.25, 0.3) is 11.2 Å². The van der Waals surface area contributed by atoms with Crippen LogP contribution in [0.1, 0.15) is 5.82 Å². The van der Waals surface area contributed by atoms with Gasteiger partial charge in [-0.15, -0.1) is 0 Å². The van der Waals surface area contributed by atoms with Gasteiger partial charge in [0.05, 0.1) is 22.4 Å². The van der Waals surface area contributed by atoms with E-state index >= 15 is 0 Å². The van der Waals surface area contributed by atoms with Crippen LogP contribution in [0.25, 0.3) is 10.9 Å². The van der Waals surface area contributed by atoms with Gasteiger partial charge in [-0.2, -0.15) is 0 Å². The van der Waals surface area contributed by atoms with Crippen molar-refractivity contribution >= 4 is 16.6 Å². The van der Waals surface area contributed by atoms with Crippen molar-refractivity contribution in [3.05, 3.63) is 74.8 Å². The highest BCUT2D eigenvalue weighted by Crippen LogP contribution is 2.17.